The number of hydrogen-bond donors (Lipinski definition) is 1. The molecule has 0 aliphatic heterocycles. The van der Waals surface area contributed by atoms with E-state index in [1.165, 1.54) is 12.5 Å². The van der Waals surface area contributed by atoms with Crippen LogP contribution in [0.3, 0.4) is 0 Å². The number of nitrogens with one attached hydrogen (secondary N) is 1. The van der Waals surface area contributed by atoms with Gasteiger partial charge < -0.3 is 14.2 Å². The van der Waals surface area contributed by atoms with Crippen LogP contribution in [-0.2, 0) is 6.61 Å². The summed E-state index contributed by atoms with van der Waals surface area (Å²) in [7, 11) is 1.52. The van der Waals surface area contributed by atoms with Gasteiger partial charge in [0.2, 0.25) is 0 Å². The predicted octanol–water partition coefficient (Wildman–Crippen LogP) is 6.35. The molecule has 1 amide bonds. The Balaban J connectivity index is 1.46. The normalized spacial score (nSPS) is 10.9. The average molecular weight is 533 g/mol. The van der Waals surface area contributed by atoms with Gasteiger partial charge in [0.05, 0.1) is 25.5 Å². The topological polar surface area (TPSA) is 69.2 Å². The molecule has 0 aliphatic carbocycles. The number of ether oxygens (including phenoxy) is 3. The molecular formula is C28H25BrN2O4. The van der Waals surface area contributed by atoms with Crippen LogP contribution in [-0.4, -0.2) is 25.8 Å². The molecule has 0 radical (unpaired) electrons. The molecule has 0 bridgehead atoms. The Morgan fingerprint density at radius 2 is 1.74 bits per heavy atom. The number of nitrogens with zero attached hydrogens (tertiary/aromatic N) is 1. The number of hydrogen-bond acceptors (Lipinski definition) is 5. The highest BCUT2D eigenvalue weighted by molar-refractivity contribution is 9.10. The van der Waals surface area contributed by atoms with Gasteiger partial charge in [-0.05, 0) is 65.2 Å². The molecule has 6 nitrogen and oxygen atoms in total. The van der Waals surface area contributed by atoms with E-state index in [0.717, 1.165) is 21.0 Å². The number of carbonyl (C=O) groups is 1. The predicted molar refractivity (Wildman–Crippen MR) is 142 cm³/mol. The molecule has 0 aliphatic rings. The third-order valence-electron chi connectivity index (χ3n) is 5.32. The molecule has 178 valence electrons. The fraction of sp³-hybridized carbons (Fsp3) is 0.143. The number of rotatable bonds is 9. The molecule has 0 atom stereocenters. The van der Waals surface area contributed by atoms with E-state index in [1.807, 2.05) is 43.3 Å². The van der Waals surface area contributed by atoms with Gasteiger partial charge >= 0.3 is 0 Å². The Kier molecular flexibility index (Phi) is 8.00. The molecule has 0 saturated carbocycles. The summed E-state index contributed by atoms with van der Waals surface area (Å²) in [4.78, 5) is 12.5. The van der Waals surface area contributed by atoms with Crippen molar-refractivity contribution in [3.8, 4) is 17.2 Å². The summed E-state index contributed by atoms with van der Waals surface area (Å²) in [5.74, 6) is 1.34. The first-order chi connectivity index (χ1) is 17.1. The largest absolute Gasteiger partial charge is 0.496 e. The number of amides is 1. The van der Waals surface area contributed by atoms with Crippen molar-refractivity contribution in [1.29, 1.82) is 0 Å². The van der Waals surface area contributed by atoms with Gasteiger partial charge in [0.1, 0.15) is 12.4 Å². The van der Waals surface area contributed by atoms with Crippen LogP contribution in [0.15, 0.2) is 88.4 Å². The van der Waals surface area contributed by atoms with Crippen LogP contribution in [0.4, 0.5) is 0 Å². The zero-order chi connectivity index (χ0) is 24.6. The maximum absolute atomic E-state index is 12.5. The zero-order valence-corrected chi connectivity index (χ0v) is 21.0. The zero-order valence-electron chi connectivity index (χ0n) is 19.5. The first kappa shape index (κ1) is 24.3. The second kappa shape index (κ2) is 11.5. The highest BCUT2D eigenvalue weighted by Gasteiger charge is 2.12. The van der Waals surface area contributed by atoms with Crippen molar-refractivity contribution in [1.82, 2.24) is 5.43 Å². The van der Waals surface area contributed by atoms with Crippen LogP contribution in [0.1, 0.15) is 28.4 Å². The fourth-order valence-corrected chi connectivity index (χ4v) is 4.01. The number of carbonyl (C=O) groups excluding carboxylic acids is 1. The first-order valence-electron chi connectivity index (χ1n) is 11.1. The van der Waals surface area contributed by atoms with E-state index in [4.69, 9.17) is 14.2 Å². The summed E-state index contributed by atoms with van der Waals surface area (Å²) >= 11 is 3.37. The molecule has 0 fully saturated rings. The maximum atomic E-state index is 12.5. The fourth-order valence-electron chi connectivity index (χ4n) is 3.65. The molecule has 7 heteroatoms. The van der Waals surface area contributed by atoms with Gasteiger partial charge in [0, 0.05) is 4.47 Å². The molecule has 0 saturated heterocycles. The minimum Gasteiger partial charge on any atom is -0.496 e. The first-order valence-corrected chi connectivity index (χ1v) is 11.9. The number of halogens is 1. The van der Waals surface area contributed by atoms with Crippen LogP contribution in [0.5, 0.6) is 17.2 Å². The molecule has 0 aromatic heterocycles. The van der Waals surface area contributed by atoms with Crippen LogP contribution < -0.4 is 19.6 Å². The number of methoxy groups -OCH3 is 1. The van der Waals surface area contributed by atoms with Gasteiger partial charge in [-0.1, -0.05) is 58.4 Å². The van der Waals surface area contributed by atoms with Crippen molar-refractivity contribution >= 4 is 38.8 Å². The monoisotopic (exact) mass is 532 g/mol. The molecule has 1 N–H and O–H groups in total. The molecular weight excluding hydrogens is 508 g/mol. The Bertz CT molecular complexity index is 1370. The maximum Gasteiger partial charge on any atom is 0.275 e. The van der Waals surface area contributed by atoms with E-state index in [1.54, 1.807) is 24.4 Å². The Morgan fingerprint density at radius 1 is 0.943 bits per heavy atom. The summed E-state index contributed by atoms with van der Waals surface area (Å²) in [6.07, 6.45) is 1.55. The molecule has 4 rings (SSSR count). The molecule has 0 heterocycles. The van der Waals surface area contributed by atoms with E-state index in [9.17, 15) is 4.79 Å². The lowest BCUT2D eigenvalue weighted by molar-refractivity contribution is 0.0952. The molecule has 0 unspecified atom stereocenters. The van der Waals surface area contributed by atoms with Crippen LogP contribution in [0.2, 0.25) is 0 Å². The van der Waals surface area contributed by atoms with Gasteiger partial charge in [-0.25, -0.2) is 5.43 Å². The summed E-state index contributed by atoms with van der Waals surface area (Å²) < 4.78 is 17.9. The van der Waals surface area contributed by atoms with Crippen molar-refractivity contribution in [2.45, 2.75) is 13.5 Å². The lowest BCUT2D eigenvalue weighted by Gasteiger charge is -2.14. The van der Waals surface area contributed by atoms with Crippen LogP contribution in [0, 0.1) is 0 Å². The van der Waals surface area contributed by atoms with Gasteiger partial charge in [0.25, 0.3) is 5.91 Å². The van der Waals surface area contributed by atoms with E-state index >= 15 is 0 Å². The second-order valence-electron chi connectivity index (χ2n) is 7.61. The van der Waals surface area contributed by atoms with Crippen LogP contribution >= 0.6 is 15.9 Å². The van der Waals surface area contributed by atoms with E-state index in [-0.39, 0.29) is 5.91 Å². The minimum atomic E-state index is -0.375. The number of hydrazone groups is 1. The van der Waals surface area contributed by atoms with Crippen LogP contribution in [0.25, 0.3) is 10.8 Å². The summed E-state index contributed by atoms with van der Waals surface area (Å²) in [5, 5.41) is 6.43. The van der Waals surface area contributed by atoms with E-state index in [2.05, 4.69) is 50.7 Å². The smallest absolute Gasteiger partial charge is 0.275 e. The number of benzene rings is 4. The molecule has 4 aromatic rings. The highest BCUT2D eigenvalue weighted by Crippen LogP contribution is 2.30. The van der Waals surface area contributed by atoms with Gasteiger partial charge in [-0.15, -0.1) is 0 Å². The third-order valence-corrected chi connectivity index (χ3v) is 5.81. The lowest BCUT2D eigenvalue weighted by atomic mass is 10.1. The number of fused-ring (bicyclic) bond motifs is 1. The van der Waals surface area contributed by atoms with Crippen molar-refractivity contribution in [2.75, 3.05) is 13.7 Å². The van der Waals surface area contributed by atoms with Crippen molar-refractivity contribution in [3.05, 3.63) is 100 Å². The minimum absolute atomic E-state index is 0.375. The molecule has 4 aromatic carbocycles. The van der Waals surface area contributed by atoms with E-state index < -0.39 is 0 Å². The second-order valence-corrected chi connectivity index (χ2v) is 8.53. The van der Waals surface area contributed by atoms with Gasteiger partial charge in [-0.3, -0.25) is 4.79 Å². The van der Waals surface area contributed by atoms with Gasteiger partial charge in [-0.2, -0.15) is 5.10 Å². The van der Waals surface area contributed by atoms with E-state index in [0.29, 0.717) is 36.0 Å². The lowest BCUT2D eigenvalue weighted by Crippen LogP contribution is -2.18. The summed E-state index contributed by atoms with van der Waals surface area (Å²) in [5.41, 5.74) is 4.77. The Morgan fingerprint density at radius 3 is 2.57 bits per heavy atom. The Labute approximate surface area is 212 Å². The highest BCUT2D eigenvalue weighted by atomic mass is 79.9. The Hall–Kier alpha value is -3.84. The molecule has 0 spiro atoms. The van der Waals surface area contributed by atoms with Crippen molar-refractivity contribution < 1.29 is 19.0 Å². The summed E-state index contributed by atoms with van der Waals surface area (Å²) in [6.45, 7) is 2.82. The van der Waals surface area contributed by atoms with Crippen molar-refractivity contribution in [2.24, 2.45) is 5.10 Å². The SMILES string of the molecule is CCOc1cc(/C=N\NC(=O)c2cc(Br)ccc2OC)ccc1OCc1cccc2ccccc12. The summed E-state index contributed by atoms with van der Waals surface area (Å²) in [6, 6.07) is 25.1. The average Bonchev–Trinajstić information content (AvgIpc) is 2.88. The quantitative estimate of drug-likeness (QED) is 0.201. The standard InChI is InChI=1S/C28H25BrN2O4/c1-3-34-27-15-19(17-30-31-28(32)24-16-22(29)12-14-25(24)33-2)11-13-26(27)35-18-21-9-6-8-20-7-4-5-10-23(20)21/h4-17H,3,18H2,1-2H3,(H,31,32)/b30-17-. The van der Waals surface area contributed by atoms with Gasteiger partial charge in [0.15, 0.2) is 11.5 Å². The third kappa shape index (κ3) is 6.00. The van der Waals surface area contributed by atoms with Crippen molar-refractivity contribution in [3.63, 3.8) is 0 Å². The molecule has 35 heavy (non-hydrogen) atoms.